The standard InChI is InChI=1S/C19H29N5O2S/c1-14-16-15(6-9-24(14)18(25)26-19(2,3)4)21-17(27-16)23-12-10-22(11-13-23)8-5-7-20/h14H,5-6,8-13H2,1-4H3/t14-/m1/s1. The maximum absolute atomic E-state index is 12.5. The summed E-state index contributed by atoms with van der Waals surface area (Å²) in [5, 5.41) is 9.79. The van der Waals surface area contributed by atoms with E-state index >= 15 is 0 Å². The minimum absolute atomic E-state index is 0.00762. The van der Waals surface area contributed by atoms with Crippen molar-refractivity contribution in [1.82, 2.24) is 14.8 Å². The van der Waals surface area contributed by atoms with Gasteiger partial charge in [-0.05, 0) is 27.7 Å². The van der Waals surface area contributed by atoms with Crippen LogP contribution in [-0.2, 0) is 11.2 Å². The fraction of sp³-hybridized carbons (Fsp3) is 0.737. The molecule has 1 atom stereocenters. The molecule has 1 aromatic heterocycles. The quantitative estimate of drug-likeness (QED) is 0.789. The molecule has 148 valence electrons. The Morgan fingerprint density at radius 1 is 1.30 bits per heavy atom. The molecule has 1 fully saturated rings. The van der Waals surface area contributed by atoms with Gasteiger partial charge in [0.2, 0.25) is 0 Å². The van der Waals surface area contributed by atoms with Crippen LogP contribution in [-0.4, -0.2) is 65.7 Å². The summed E-state index contributed by atoms with van der Waals surface area (Å²) < 4.78 is 5.56. The van der Waals surface area contributed by atoms with E-state index in [1.54, 1.807) is 11.3 Å². The number of piperazine rings is 1. The van der Waals surface area contributed by atoms with Crippen molar-refractivity contribution in [3.8, 4) is 6.07 Å². The van der Waals surface area contributed by atoms with Crippen molar-refractivity contribution >= 4 is 22.6 Å². The molecule has 2 aliphatic rings. The third-order valence-electron chi connectivity index (χ3n) is 4.96. The van der Waals surface area contributed by atoms with E-state index in [1.165, 1.54) is 4.88 Å². The monoisotopic (exact) mass is 391 g/mol. The first-order valence-electron chi connectivity index (χ1n) is 9.62. The van der Waals surface area contributed by atoms with Gasteiger partial charge in [0.15, 0.2) is 5.13 Å². The van der Waals surface area contributed by atoms with Crippen LogP contribution in [0.5, 0.6) is 0 Å². The van der Waals surface area contributed by atoms with Crippen LogP contribution in [0.4, 0.5) is 9.93 Å². The lowest BCUT2D eigenvalue weighted by molar-refractivity contribution is 0.0162. The zero-order valence-corrected chi connectivity index (χ0v) is 17.5. The lowest BCUT2D eigenvalue weighted by Gasteiger charge is -2.34. The normalized spacial score (nSPS) is 20.9. The zero-order valence-electron chi connectivity index (χ0n) is 16.7. The lowest BCUT2D eigenvalue weighted by Crippen LogP contribution is -2.46. The average Bonchev–Trinajstić information content (AvgIpc) is 3.04. The second kappa shape index (κ2) is 8.03. The van der Waals surface area contributed by atoms with Gasteiger partial charge in [-0.3, -0.25) is 4.90 Å². The van der Waals surface area contributed by atoms with Gasteiger partial charge in [0.25, 0.3) is 0 Å². The Balaban J connectivity index is 1.65. The highest BCUT2D eigenvalue weighted by atomic mass is 32.1. The van der Waals surface area contributed by atoms with Gasteiger partial charge in [-0.2, -0.15) is 5.26 Å². The number of nitrogens with zero attached hydrogens (tertiary/aromatic N) is 5. The number of hydrogen-bond donors (Lipinski definition) is 0. The number of anilines is 1. The van der Waals surface area contributed by atoms with E-state index in [2.05, 4.69) is 22.8 Å². The predicted octanol–water partition coefficient (Wildman–Crippen LogP) is 3.03. The number of nitriles is 1. The highest BCUT2D eigenvalue weighted by molar-refractivity contribution is 7.15. The maximum atomic E-state index is 12.5. The van der Waals surface area contributed by atoms with Gasteiger partial charge in [-0.15, -0.1) is 0 Å². The number of hydrogen-bond acceptors (Lipinski definition) is 7. The van der Waals surface area contributed by atoms with Gasteiger partial charge in [0, 0.05) is 52.1 Å². The number of carbonyl (C=O) groups excluding carboxylic acids is 1. The number of aromatic nitrogens is 1. The minimum atomic E-state index is -0.485. The summed E-state index contributed by atoms with van der Waals surface area (Å²) in [6.07, 6.45) is 1.11. The van der Waals surface area contributed by atoms with Gasteiger partial charge in [-0.1, -0.05) is 11.3 Å². The van der Waals surface area contributed by atoms with Crippen LogP contribution in [0.2, 0.25) is 0 Å². The van der Waals surface area contributed by atoms with Crippen LogP contribution >= 0.6 is 11.3 Å². The summed E-state index contributed by atoms with van der Waals surface area (Å²) in [6.45, 7) is 13.0. The van der Waals surface area contributed by atoms with Gasteiger partial charge in [-0.25, -0.2) is 9.78 Å². The van der Waals surface area contributed by atoms with Crippen molar-refractivity contribution in [3.05, 3.63) is 10.6 Å². The van der Waals surface area contributed by atoms with E-state index < -0.39 is 5.60 Å². The minimum Gasteiger partial charge on any atom is -0.444 e. The molecule has 7 nitrogen and oxygen atoms in total. The van der Waals surface area contributed by atoms with E-state index in [0.29, 0.717) is 13.0 Å². The van der Waals surface area contributed by atoms with Crippen molar-refractivity contribution in [2.75, 3.05) is 44.2 Å². The fourth-order valence-corrected chi connectivity index (χ4v) is 4.72. The summed E-state index contributed by atoms with van der Waals surface area (Å²) in [5.41, 5.74) is 0.635. The fourth-order valence-electron chi connectivity index (χ4n) is 3.49. The molecule has 8 heteroatoms. The molecule has 1 aromatic rings. The van der Waals surface area contributed by atoms with E-state index in [0.717, 1.165) is 50.0 Å². The van der Waals surface area contributed by atoms with E-state index in [1.807, 2.05) is 25.7 Å². The maximum Gasteiger partial charge on any atom is 0.410 e. The molecule has 1 amide bonds. The lowest BCUT2D eigenvalue weighted by atomic mass is 10.1. The number of fused-ring (bicyclic) bond motifs is 1. The molecule has 0 N–H and O–H groups in total. The highest BCUT2D eigenvalue weighted by Crippen LogP contribution is 2.38. The molecule has 3 heterocycles. The van der Waals surface area contributed by atoms with Crippen molar-refractivity contribution in [2.45, 2.75) is 52.2 Å². The molecule has 0 unspecified atom stereocenters. The Morgan fingerprint density at radius 3 is 2.63 bits per heavy atom. The largest absolute Gasteiger partial charge is 0.444 e. The molecule has 0 radical (unpaired) electrons. The van der Waals surface area contributed by atoms with Gasteiger partial charge >= 0.3 is 6.09 Å². The second-order valence-electron chi connectivity index (χ2n) is 8.14. The molecule has 0 spiro atoms. The van der Waals surface area contributed by atoms with Crippen LogP contribution in [0.15, 0.2) is 0 Å². The first-order valence-corrected chi connectivity index (χ1v) is 10.4. The molecule has 0 bridgehead atoms. The van der Waals surface area contributed by atoms with Gasteiger partial charge in [0.05, 0.1) is 22.7 Å². The molecule has 0 aliphatic carbocycles. The Morgan fingerprint density at radius 2 is 2.00 bits per heavy atom. The first-order chi connectivity index (χ1) is 12.8. The first kappa shape index (κ1) is 19.9. The van der Waals surface area contributed by atoms with Crippen LogP contribution in [0, 0.1) is 11.3 Å². The summed E-state index contributed by atoms with van der Waals surface area (Å²) in [7, 11) is 0. The van der Waals surface area contributed by atoms with E-state index in [9.17, 15) is 4.79 Å². The number of ether oxygens (including phenoxy) is 1. The Labute approximate surface area is 165 Å². The van der Waals surface area contributed by atoms with Crippen molar-refractivity contribution < 1.29 is 9.53 Å². The summed E-state index contributed by atoms with van der Waals surface area (Å²) in [5.74, 6) is 0. The SMILES string of the molecule is C[C@@H]1c2sc(N3CCN(CCC#N)CC3)nc2CCN1C(=O)OC(C)(C)C. The van der Waals surface area contributed by atoms with E-state index in [4.69, 9.17) is 15.0 Å². The van der Waals surface area contributed by atoms with Crippen LogP contribution in [0.3, 0.4) is 0 Å². The van der Waals surface area contributed by atoms with Gasteiger partial charge < -0.3 is 14.5 Å². The predicted molar refractivity (Wildman–Crippen MR) is 106 cm³/mol. The summed E-state index contributed by atoms with van der Waals surface area (Å²) >= 11 is 1.70. The van der Waals surface area contributed by atoms with Gasteiger partial charge in [0.1, 0.15) is 5.60 Å². The molecule has 0 saturated carbocycles. The number of carbonyl (C=O) groups is 1. The Kier molecular flexibility index (Phi) is 5.92. The summed E-state index contributed by atoms with van der Waals surface area (Å²) in [4.78, 5) is 25.0. The van der Waals surface area contributed by atoms with Crippen LogP contribution in [0.25, 0.3) is 0 Å². The smallest absolute Gasteiger partial charge is 0.410 e. The van der Waals surface area contributed by atoms with Crippen LogP contribution in [0.1, 0.15) is 50.7 Å². The molecule has 1 saturated heterocycles. The topological polar surface area (TPSA) is 72.7 Å². The third kappa shape index (κ3) is 4.71. The second-order valence-corrected chi connectivity index (χ2v) is 9.15. The molecule has 0 aromatic carbocycles. The Hall–Kier alpha value is -1.85. The number of thiazole rings is 1. The number of amides is 1. The molecule has 2 aliphatic heterocycles. The zero-order chi connectivity index (χ0) is 19.6. The molecule has 3 rings (SSSR count). The third-order valence-corrected chi connectivity index (χ3v) is 6.29. The van der Waals surface area contributed by atoms with Crippen molar-refractivity contribution in [2.24, 2.45) is 0 Å². The van der Waals surface area contributed by atoms with Crippen LogP contribution < -0.4 is 4.90 Å². The highest BCUT2D eigenvalue weighted by Gasteiger charge is 2.34. The summed E-state index contributed by atoms with van der Waals surface area (Å²) in [6, 6.07) is 2.21. The molecular weight excluding hydrogens is 362 g/mol. The molecular formula is C19H29N5O2S. The van der Waals surface area contributed by atoms with Crippen molar-refractivity contribution in [3.63, 3.8) is 0 Å². The van der Waals surface area contributed by atoms with Crippen molar-refractivity contribution in [1.29, 1.82) is 5.26 Å². The van der Waals surface area contributed by atoms with E-state index in [-0.39, 0.29) is 12.1 Å². The molecule has 27 heavy (non-hydrogen) atoms. The average molecular weight is 392 g/mol. The Bertz CT molecular complexity index is 713. The number of rotatable bonds is 3.